The number of nitrogens with zero attached hydrogens (tertiary/aromatic N) is 2. The summed E-state index contributed by atoms with van der Waals surface area (Å²) in [5.41, 5.74) is 2.98. The van der Waals surface area contributed by atoms with Crippen molar-refractivity contribution in [1.29, 1.82) is 0 Å². The van der Waals surface area contributed by atoms with Gasteiger partial charge in [-0.15, -0.1) is 0 Å². The van der Waals surface area contributed by atoms with Gasteiger partial charge in [-0.1, -0.05) is 58.9 Å². The predicted molar refractivity (Wildman–Crippen MR) is 125 cm³/mol. The molecule has 2 heterocycles. The molecule has 0 aliphatic carbocycles. The monoisotopic (exact) mass is 437 g/mol. The lowest BCUT2D eigenvalue weighted by atomic mass is 9.86. The second kappa shape index (κ2) is 10.2. The number of carbonyl (C=O) groups excluding carboxylic acids is 1. The Bertz CT molecular complexity index is 982. The van der Waals surface area contributed by atoms with Crippen molar-refractivity contribution in [2.75, 3.05) is 0 Å². The topological polar surface area (TPSA) is 71.5 Å². The van der Waals surface area contributed by atoms with Crippen molar-refractivity contribution >= 4 is 5.91 Å². The minimum atomic E-state index is -0.280. The molecule has 0 radical (unpaired) electrons. The Kier molecular flexibility index (Phi) is 7.56. The molecular weight excluding hydrogens is 402 g/mol. The first-order valence-corrected chi connectivity index (χ1v) is 11.2. The summed E-state index contributed by atoms with van der Waals surface area (Å²) in [6.45, 7) is 14.9. The van der Waals surface area contributed by atoms with Gasteiger partial charge in [-0.3, -0.25) is 9.69 Å². The molecule has 6 heteroatoms. The molecule has 172 valence electrons. The van der Waals surface area contributed by atoms with Gasteiger partial charge in [0.2, 0.25) is 5.89 Å². The fourth-order valence-electron chi connectivity index (χ4n) is 3.44. The first kappa shape index (κ1) is 23.8. The van der Waals surface area contributed by atoms with Gasteiger partial charge in [0.05, 0.1) is 19.4 Å². The van der Waals surface area contributed by atoms with E-state index >= 15 is 0 Å². The minimum Gasteiger partial charge on any atom is -0.467 e. The van der Waals surface area contributed by atoms with Crippen LogP contribution in [-0.4, -0.2) is 21.8 Å². The van der Waals surface area contributed by atoms with Gasteiger partial charge in [0.25, 0.3) is 5.91 Å². The Morgan fingerprint density at radius 3 is 2.38 bits per heavy atom. The van der Waals surface area contributed by atoms with Crippen LogP contribution in [0.3, 0.4) is 0 Å². The first-order chi connectivity index (χ1) is 15.1. The van der Waals surface area contributed by atoms with Crippen molar-refractivity contribution in [1.82, 2.24) is 15.2 Å². The highest BCUT2D eigenvalue weighted by atomic mass is 16.3. The van der Waals surface area contributed by atoms with Gasteiger partial charge in [-0.05, 0) is 41.5 Å². The molecule has 0 saturated heterocycles. The maximum atomic E-state index is 12.4. The van der Waals surface area contributed by atoms with Gasteiger partial charge in [0.1, 0.15) is 12.0 Å². The average molecular weight is 438 g/mol. The molecule has 2 aromatic heterocycles. The largest absolute Gasteiger partial charge is 0.467 e. The molecule has 0 spiro atoms. The highest BCUT2D eigenvalue weighted by molar-refractivity contribution is 5.91. The fraction of sp³-hybridized carbons (Fsp3) is 0.462. The van der Waals surface area contributed by atoms with E-state index in [1.165, 1.54) is 17.4 Å². The first-order valence-electron chi connectivity index (χ1n) is 11.2. The standard InChI is InChI=1S/C26H35N3O3/c1-18(2)19(3)29(15-20-9-11-21(12-10-20)26(4,5)6)16-24-28-23(17-32-24)25(30)27-14-22-8-7-13-31-22/h7-13,17-19H,14-16H2,1-6H3,(H,27,30). The van der Waals surface area contributed by atoms with Crippen LogP contribution in [0.2, 0.25) is 0 Å². The number of amides is 1. The summed E-state index contributed by atoms with van der Waals surface area (Å²) >= 11 is 0. The van der Waals surface area contributed by atoms with E-state index in [2.05, 4.69) is 81.0 Å². The normalized spacial score (nSPS) is 13.0. The molecular formula is C26H35N3O3. The highest BCUT2D eigenvalue weighted by Gasteiger charge is 2.22. The van der Waals surface area contributed by atoms with Gasteiger partial charge in [-0.2, -0.15) is 0 Å². The molecule has 1 N–H and O–H groups in total. The van der Waals surface area contributed by atoms with E-state index in [1.807, 2.05) is 6.07 Å². The second-order valence-corrected chi connectivity index (χ2v) is 9.73. The summed E-state index contributed by atoms with van der Waals surface area (Å²) in [4.78, 5) is 19.2. The van der Waals surface area contributed by atoms with Crippen molar-refractivity contribution in [3.8, 4) is 0 Å². The zero-order valence-electron chi connectivity index (χ0n) is 20.0. The van der Waals surface area contributed by atoms with E-state index in [9.17, 15) is 4.79 Å². The number of carbonyl (C=O) groups is 1. The summed E-state index contributed by atoms with van der Waals surface area (Å²) in [5.74, 6) is 1.41. The SMILES string of the molecule is CC(C)C(C)N(Cc1ccc(C(C)(C)C)cc1)Cc1nc(C(=O)NCc2ccco2)co1. The van der Waals surface area contributed by atoms with Crippen LogP contribution >= 0.6 is 0 Å². The fourth-order valence-corrected chi connectivity index (χ4v) is 3.44. The Morgan fingerprint density at radius 2 is 1.78 bits per heavy atom. The number of nitrogens with one attached hydrogen (secondary N) is 1. The van der Waals surface area contributed by atoms with E-state index in [0.717, 1.165) is 6.54 Å². The van der Waals surface area contributed by atoms with Crippen molar-refractivity contribution in [2.45, 2.75) is 72.6 Å². The van der Waals surface area contributed by atoms with E-state index in [0.29, 0.717) is 36.7 Å². The van der Waals surface area contributed by atoms with E-state index in [1.54, 1.807) is 12.3 Å². The molecule has 1 unspecified atom stereocenters. The van der Waals surface area contributed by atoms with Crippen LogP contribution in [0.4, 0.5) is 0 Å². The third kappa shape index (κ3) is 6.33. The lowest BCUT2D eigenvalue weighted by Crippen LogP contribution is -2.36. The molecule has 3 aromatic rings. The number of hydrogen-bond donors (Lipinski definition) is 1. The predicted octanol–water partition coefficient (Wildman–Crippen LogP) is 5.54. The van der Waals surface area contributed by atoms with Crippen molar-refractivity contribution in [3.63, 3.8) is 0 Å². The van der Waals surface area contributed by atoms with Crippen LogP contribution in [0, 0.1) is 5.92 Å². The third-order valence-electron chi connectivity index (χ3n) is 5.87. The molecule has 32 heavy (non-hydrogen) atoms. The van der Waals surface area contributed by atoms with Gasteiger partial charge in [0.15, 0.2) is 5.69 Å². The lowest BCUT2D eigenvalue weighted by Gasteiger charge is -2.31. The van der Waals surface area contributed by atoms with E-state index < -0.39 is 0 Å². The van der Waals surface area contributed by atoms with Crippen molar-refractivity contribution in [2.24, 2.45) is 5.92 Å². The Hall–Kier alpha value is -2.86. The second-order valence-electron chi connectivity index (χ2n) is 9.73. The van der Waals surface area contributed by atoms with Gasteiger partial charge < -0.3 is 14.2 Å². The number of furan rings is 1. The van der Waals surface area contributed by atoms with Gasteiger partial charge in [0, 0.05) is 12.6 Å². The summed E-state index contributed by atoms with van der Waals surface area (Å²) in [7, 11) is 0. The van der Waals surface area contributed by atoms with Crippen LogP contribution in [0.5, 0.6) is 0 Å². The maximum Gasteiger partial charge on any atom is 0.273 e. The van der Waals surface area contributed by atoms with E-state index in [-0.39, 0.29) is 17.0 Å². The number of aromatic nitrogens is 1. The van der Waals surface area contributed by atoms with Crippen molar-refractivity contribution in [3.05, 3.63) is 77.4 Å². The Balaban J connectivity index is 1.67. The molecule has 0 aliphatic rings. The quantitative estimate of drug-likeness (QED) is 0.476. The van der Waals surface area contributed by atoms with Crippen LogP contribution in [0.1, 0.15) is 74.8 Å². The Morgan fingerprint density at radius 1 is 1.06 bits per heavy atom. The summed E-state index contributed by atoms with van der Waals surface area (Å²) in [6.07, 6.45) is 3.00. The Labute approximate surface area is 191 Å². The zero-order valence-corrected chi connectivity index (χ0v) is 20.0. The molecule has 1 atom stereocenters. The van der Waals surface area contributed by atoms with Crippen LogP contribution in [0.25, 0.3) is 0 Å². The molecule has 0 bridgehead atoms. The molecule has 0 fully saturated rings. The zero-order chi connectivity index (χ0) is 23.3. The summed E-state index contributed by atoms with van der Waals surface area (Å²) in [6, 6.07) is 12.7. The maximum absolute atomic E-state index is 12.4. The molecule has 1 aromatic carbocycles. The van der Waals surface area contributed by atoms with Crippen LogP contribution in [-0.2, 0) is 25.0 Å². The molecule has 0 aliphatic heterocycles. The summed E-state index contributed by atoms with van der Waals surface area (Å²) < 4.78 is 10.9. The number of benzene rings is 1. The molecule has 3 rings (SSSR count). The molecule has 1 amide bonds. The van der Waals surface area contributed by atoms with Crippen molar-refractivity contribution < 1.29 is 13.6 Å². The minimum absolute atomic E-state index is 0.134. The molecule has 0 saturated carbocycles. The summed E-state index contributed by atoms with van der Waals surface area (Å²) in [5, 5.41) is 2.80. The highest BCUT2D eigenvalue weighted by Crippen LogP contribution is 2.24. The van der Waals surface area contributed by atoms with Crippen LogP contribution in [0.15, 0.2) is 57.8 Å². The number of oxazole rings is 1. The average Bonchev–Trinajstić information content (AvgIpc) is 3.43. The number of hydrogen-bond acceptors (Lipinski definition) is 5. The number of rotatable bonds is 9. The molecule has 6 nitrogen and oxygen atoms in total. The lowest BCUT2D eigenvalue weighted by molar-refractivity contribution is 0.0942. The van der Waals surface area contributed by atoms with Gasteiger partial charge in [-0.25, -0.2) is 4.98 Å². The van der Waals surface area contributed by atoms with Crippen LogP contribution < -0.4 is 5.32 Å². The van der Waals surface area contributed by atoms with E-state index in [4.69, 9.17) is 8.83 Å². The van der Waals surface area contributed by atoms with Gasteiger partial charge >= 0.3 is 0 Å². The third-order valence-corrected chi connectivity index (χ3v) is 5.87. The smallest absolute Gasteiger partial charge is 0.273 e.